The largest absolute Gasteiger partial charge is 0.490 e. The Kier molecular flexibility index (Phi) is 5.26. The SMILES string of the molecule is FC(F)(F)Cn1ccc2c(OC3CCN(Cc4cccnc4)CC3)cccc21. The predicted octanol–water partition coefficient (Wildman–Crippen LogP) is 4.64. The van der Waals surface area contributed by atoms with Gasteiger partial charge in [0.15, 0.2) is 0 Å². The van der Waals surface area contributed by atoms with Gasteiger partial charge in [-0.25, -0.2) is 0 Å². The minimum atomic E-state index is -4.25. The lowest BCUT2D eigenvalue weighted by atomic mass is 10.1. The molecular weight excluding hydrogens is 367 g/mol. The number of fused-ring (bicyclic) bond motifs is 1. The zero-order chi connectivity index (χ0) is 19.6. The number of hydrogen-bond donors (Lipinski definition) is 0. The van der Waals surface area contributed by atoms with Crippen LogP contribution in [-0.2, 0) is 13.1 Å². The summed E-state index contributed by atoms with van der Waals surface area (Å²) in [6, 6.07) is 11.0. The Morgan fingerprint density at radius 1 is 1.07 bits per heavy atom. The summed E-state index contributed by atoms with van der Waals surface area (Å²) in [5, 5.41) is 0.726. The molecule has 1 saturated heterocycles. The normalized spacial score (nSPS) is 16.5. The topological polar surface area (TPSA) is 30.3 Å². The highest BCUT2D eigenvalue weighted by molar-refractivity contribution is 5.86. The van der Waals surface area contributed by atoms with Crippen LogP contribution in [0.3, 0.4) is 0 Å². The Labute approximate surface area is 161 Å². The second-order valence-electron chi connectivity index (χ2n) is 7.20. The number of likely N-dealkylation sites (tertiary alicyclic amines) is 1. The van der Waals surface area contributed by atoms with Gasteiger partial charge >= 0.3 is 6.18 Å². The summed E-state index contributed by atoms with van der Waals surface area (Å²) in [5.41, 5.74) is 1.74. The van der Waals surface area contributed by atoms with Crippen LogP contribution >= 0.6 is 0 Å². The van der Waals surface area contributed by atoms with Crippen molar-refractivity contribution in [3.05, 3.63) is 60.6 Å². The average Bonchev–Trinajstić information content (AvgIpc) is 3.06. The van der Waals surface area contributed by atoms with Crippen molar-refractivity contribution in [2.75, 3.05) is 13.1 Å². The number of alkyl halides is 3. The second kappa shape index (κ2) is 7.83. The molecule has 0 amide bonds. The molecule has 7 heteroatoms. The van der Waals surface area contributed by atoms with E-state index in [1.54, 1.807) is 24.4 Å². The molecule has 0 saturated carbocycles. The van der Waals surface area contributed by atoms with E-state index in [1.807, 2.05) is 18.3 Å². The Morgan fingerprint density at radius 3 is 2.61 bits per heavy atom. The Bertz CT molecular complexity index is 916. The Balaban J connectivity index is 1.39. The van der Waals surface area contributed by atoms with Crippen LogP contribution in [0.4, 0.5) is 13.2 Å². The zero-order valence-corrected chi connectivity index (χ0v) is 15.4. The third-order valence-electron chi connectivity index (χ3n) is 5.08. The summed E-state index contributed by atoms with van der Waals surface area (Å²) < 4.78 is 45.7. The van der Waals surface area contributed by atoms with Crippen LogP contribution in [0, 0.1) is 0 Å². The van der Waals surface area contributed by atoms with Crippen molar-refractivity contribution >= 4 is 10.9 Å². The number of aromatic nitrogens is 2. The van der Waals surface area contributed by atoms with E-state index < -0.39 is 12.7 Å². The molecule has 4 rings (SSSR count). The fraction of sp³-hybridized carbons (Fsp3) is 0.381. The van der Waals surface area contributed by atoms with Gasteiger partial charge in [-0.1, -0.05) is 12.1 Å². The van der Waals surface area contributed by atoms with Gasteiger partial charge in [0.2, 0.25) is 0 Å². The summed E-state index contributed by atoms with van der Waals surface area (Å²) in [4.78, 5) is 6.52. The maximum absolute atomic E-state index is 12.8. The summed E-state index contributed by atoms with van der Waals surface area (Å²) in [6.07, 6.45) is 2.73. The van der Waals surface area contributed by atoms with Crippen LogP contribution in [-0.4, -0.2) is 39.8 Å². The Morgan fingerprint density at radius 2 is 1.89 bits per heavy atom. The van der Waals surface area contributed by atoms with Crippen LogP contribution in [0.2, 0.25) is 0 Å². The number of pyridine rings is 1. The minimum absolute atomic E-state index is 0.0710. The molecule has 0 spiro atoms. The number of benzene rings is 1. The summed E-state index contributed by atoms with van der Waals surface area (Å²) >= 11 is 0. The van der Waals surface area contributed by atoms with E-state index in [1.165, 1.54) is 16.3 Å². The number of rotatable bonds is 5. The van der Waals surface area contributed by atoms with Gasteiger partial charge in [-0.2, -0.15) is 13.2 Å². The van der Waals surface area contributed by atoms with Gasteiger partial charge in [-0.15, -0.1) is 0 Å². The lowest BCUT2D eigenvalue weighted by Gasteiger charge is -2.32. The number of halogens is 3. The van der Waals surface area contributed by atoms with E-state index in [-0.39, 0.29) is 6.10 Å². The third-order valence-corrected chi connectivity index (χ3v) is 5.08. The van der Waals surface area contributed by atoms with E-state index in [9.17, 15) is 13.2 Å². The highest BCUT2D eigenvalue weighted by Gasteiger charge is 2.28. The molecule has 1 aliphatic rings. The summed E-state index contributed by atoms with van der Waals surface area (Å²) in [7, 11) is 0. The van der Waals surface area contributed by atoms with Crippen molar-refractivity contribution in [1.82, 2.24) is 14.5 Å². The molecule has 4 nitrogen and oxygen atoms in total. The highest BCUT2D eigenvalue weighted by Crippen LogP contribution is 2.31. The smallest absolute Gasteiger partial charge is 0.406 e. The molecule has 1 aromatic carbocycles. The zero-order valence-electron chi connectivity index (χ0n) is 15.4. The first-order chi connectivity index (χ1) is 13.5. The first kappa shape index (κ1) is 18.8. The second-order valence-corrected chi connectivity index (χ2v) is 7.20. The first-order valence-corrected chi connectivity index (χ1v) is 9.40. The van der Waals surface area contributed by atoms with Crippen molar-refractivity contribution in [2.45, 2.75) is 38.2 Å². The molecule has 1 aliphatic heterocycles. The first-order valence-electron chi connectivity index (χ1n) is 9.40. The number of piperidine rings is 1. The molecule has 28 heavy (non-hydrogen) atoms. The minimum Gasteiger partial charge on any atom is -0.490 e. The average molecular weight is 389 g/mol. The van der Waals surface area contributed by atoms with Crippen molar-refractivity contribution in [2.24, 2.45) is 0 Å². The number of hydrogen-bond acceptors (Lipinski definition) is 3. The van der Waals surface area contributed by atoms with Crippen molar-refractivity contribution in [1.29, 1.82) is 0 Å². The van der Waals surface area contributed by atoms with Gasteiger partial charge in [-0.3, -0.25) is 9.88 Å². The highest BCUT2D eigenvalue weighted by atomic mass is 19.4. The molecule has 0 radical (unpaired) electrons. The molecular formula is C21H22F3N3O. The lowest BCUT2D eigenvalue weighted by molar-refractivity contribution is -0.139. The maximum atomic E-state index is 12.8. The van der Waals surface area contributed by atoms with Gasteiger partial charge in [0, 0.05) is 43.6 Å². The van der Waals surface area contributed by atoms with Crippen LogP contribution in [0.25, 0.3) is 10.9 Å². The molecule has 3 heterocycles. The summed E-state index contributed by atoms with van der Waals surface area (Å²) in [5.74, 6) is 0.657. The quantitative estimate of drug-likeness (QED) is 0.637. The molecule has 148 valence electrons. The van der Waals surface area contributed by atoms with E-state index in [0.717, 1.165) is 37.9 Å². The van der Waals surface area contributed by atoms with Gasteiger partial charge in [0.25, 0.3) is 0 Å². The maximum Gasteiger partial charge on any atom is 0.406 e. The van der Waals surface area contributed by atoms with Gasteiger partial charge < -0.3 is 9.30 Å². The van der Waals surface area contributed by atoms with E-state index in [0.29, 0.717) is 11.3 Å². The molecule has 1 fully saturated rings. The number of nitrogens with zero attached hydrogens (tertiary/aromatic N) is 3. The monoisotopic (exact) mass is 389 g/mol. The lowest BCUT2D eigenvalue weighted by Crippen LogP contribution is -2.37. The molecule has 3 aromatic rings. The predicted molar refractivity (Wildman–Crippen MR) is 101 cm³/mol. The van der Waals surface area contributed by atoms with E-state index in [4.69, 9.17) is 4.74 Å². The van der Waals surface area contributed by atoms with Crippen LogP contribution in [0.15, 0.2) is 55.0 Å². The molecule has 2 aromatic heterocycles. The van der Waals surface area contributed by atoms with Crippen molar-refractivity contribution < 1.29 is 17.9 Å². The van der Waals surface area contributed by atoms with E-state index >= 15 is 0 Å². The van der Waals surface area contributed by atoms with Crippen LogP contribution in [0.5, 0.6) is 5.75 Å². The van der Waals surface area contributed by atoms with Crippen LogP contribution < -0.4 is 4.74 Å². The Hall–Kier alpha value is -2.54. The van der Waals surface area contributed by atoms with Gasteiger partial charge in [0.05, 0.1) is 5.52 Å². The third kappa shape index (κ3) is 4.47. The molecule has 0 aliphatic carbocycles. The van der Waals surface area contributed by atoms with Crippen molar-refractivity contribution in [3.63, 3.8) is 0 Å². The number of ether oxygens (including phenoxy) is 1. The van der Waals surface area contributed by atoms with Crippen molar-refractivity contribution in [3.8, 4) is 5.75 Å². The van der Waals surface area contributed by atoms with Gasteiger partial charge in [-0.05, 0) is 42.7 Å². The van der Waals surface area contributed by atoms with E-state index in [2.05, 4.69) is 16.0 Å². The molecule has 0 atom stereocenters. The molecule has 0 bridgehead atoms. The summed E-state index contributed by atoms with van der Waals surface area (Å²) in [6.45, 7) is 1.72. The fourth-order valence-corrected chi connectivity index (χ4v) is 3.74. The standard InChI is InChI=1S/C21H22F3N3O/c22-21(23,24)15-27-12-8-18-19(27)4-1-5-20(18)28-17-6-10-26(11-7-17)14-16-3-2-9-25-13-16/h1-5,8-9,12-13,17H,6-7,10-11,14-15H2. The molecule has 0 unspecified atom stereocenters. The fourth-order valence-electron chi connectivity index (χ4n) is 3.74. The molecule has 0 N–H and O–H groups in total. The van der Waals surface area contributed by atoms with Gasteiger partial charge in [0.1, 0.15) is 18.4 Å². The van der Waals surface area contributed by atoms with Crippen LogP contribution in [0.1, 0.15) is 18.4 Å².